The van der Waals surface area contributed by atoms with Gasteiger partial charge in [0.05, 0.1) is 23.4 Å². The molecule has 0 heterocycles. The van der Waals surface area contributed by atoms with E-state index in [-0.39, 0.29) is 10.7 Å². The molecule has 0 fully saturated rings. The third-order valence-corrected chi connectivity index (χ3v) is 4.43. The number of aliphatic hydroxyl groups excluding tert-OH is 2. The average molecular weight is 472 g/mol. The Balaban J connectivity index is 2.14. The number of hydrogen-bond donors (Lipinski definition) is 4. The molecule has 2 unspecified atom stereocenters. The molecule has 0 saturated carbocycles. The highest BCUT2D eigenvalue weighted by atomic mass is 35.5. The topological polar surface area (TPSA) is 117 Å². The molecule has 0 saturated heterocycles. The third kappa shape index (κ3) is 7.56. The summed E-state index contributed by atoms with van der Waals surface area (Å²) in [6.07, 6.45) is -5.63. The van der Waals surface area contributed by atoms with E-state index < -0.39 is 49.0 Å². The molecule has 5 N–H and O–H groups in total. The molecule has 7 nitrogen and oxygen atoms in total. The van der Waals surface area contributed by atoms with Crippen molar-refractivity contribution >= 4 is 29.1 Å². The zero-order valence-electron chi connectivity index (χ0n) is 16.6. The van der Waals surface area contributed by atoms with Crippen LogP contribution < -0.4 is 11.1 Å². The average Bonchev–Trinajstić information content (AvgIpc) is 2.76. The molecule has 2 aromatic rings. The number of hydrogen-bond acceptors (Lipinski definition) is 6. The summed E-state index contributed by atoms with van der Waals surface area (Å²) in [7, 11) is 0. The van der Waals surface area contributed by atoms with Crippen molar-refractivity contribution in [1.82, 2.24) is 5.32 Å². The molecule has 0 spiro atoms. The second-order valence-corrected chi connectivity index (χ2v) is 6.91. The summed E-state index contributed by atoms with van der Waals surface area (Å²) in [4.78, 5) is 16.1. The molecule has 2 rings (SSSR count). The van der Waals surface area contributed by atoms with Crippen molar-refractivity contribution in [1.29, 1.82) is 0 Å². The maximum absolute atomic E-state index is 12.8. The van der Waals surface area contributed by atoms with Crippen LogP contribution in [0.2, 0.25) is 5.02 Å². The highest BCUT2D eigenvalue weighted by Gasteiger charge is 2.32. The van der Waals surface area contributed by atoms with Crippen molar-refractivity contribution in [3.05, 3.63) is 77.0 Å². The molecular weight excluding hydrogens is 451 g/mol. The van der Waals surface area contributed by atoms with Crippen molar-refractivity contribution in [2.24, 2.45) is 10.7 Å². The van der Waals surface area contributed by atoms with Gasteiger partial charge in [-0.15, -0.1) is 0 Å². The van der Waals surface area contributed by atoms with Gasteiger partial charge in [0.15, 0.2) is 6.61 Å². The second-order valence-electron chi connectivity index (χ2n) is 6.50. The molecule has 1 amide bonds. The summed E-state index contributed by atoms with van der Waals surface area (Å²) in [5.74, 6) is -1.42. The van der Waals surface area contributed by atoms with Gasteiger partial charge in [0.25, 0.3) is 5.91 Å². The number of carbonyl (C=O) groups is 1. The number of amides is 1. The van der Waals surface area contributed by atoms with Crippen molar-refractivity contribution in [3.8, 4) is 0 Å². The molecule has 2 aromatic carbocycles. The van der Waals surface area contributed by atoms with Crippen molar-refractivity contribution in [3.63, 3.8) is 0 Å². The van der Waals surface area contributed by atoms with E-state index in [1.807, 2.05) is 0 Å². The van der Waals surface area contributed by atoms with Gasteiger partial charge in [-0.05, 0) is 17.7 Å². The van der Waals surface area contributed by atoms with Gasteiger partial charge in [-0.3, -0.25) is 4.79 Å². The van der Waals surface area contributed by atoms with Crippen LogP contribution in [0.25, 0.3) is 0 Å². The lowest BCUT2D eigenvalue weighted by molar-refractivity contribution is -0.125. The Morgan fingerprint density at radius 3 is 2.41 bits per heavy atom. The van der Waals surface area contributed by atoms with Crippen molar-refractivity contribution in [2.45, 2.75) is 18.3 Å². The van der Waals surface area contributed by atoms with Crippen LogP contribution >= 0.6 is 11.6 Å². The Morgan fingerprint density at radius 2 is 1.81 bits per heavy atom. The summed E-state index contributed by atoms with van der Waals surface area (Å²) in [5.41, 5.74) is 4.10. The quantitative estimate of drug-likeness (QED) is 0.349. The van der Waals surface area contributed by atoms with E-state index in [0.29, 0.717) is 11.6 Å². The standard InChI is InChI=1S/C21H21ClF3N3O4/c22-14-8-4-5-9-15(14)28-19(10-17(26)21(23,24)25)32-12-18(30)27-16(11-29)20(31)13-6-2-1-3-7-13/h1-10,16,20,29,31H,11-12,26H2,(H,27,30). The molecule has 0 aromatic heterocycles. The molecule has 0 aliphatic heterocycles. The lowest BCUT2D eigenvalue weighted by Gasteiger charge is -2.22. The summed E-state index contributed by atoms with van der Waals surface area (Å²) < 4.78 is 43.6. The number of aliphatic hydroxyl groups is 2. The fourth-order valence-corrected chi connectivity index (χ4v) is 2.66. The number of carbonyl (C=O) groups excluding carboxylic acids is 1. The number of para-hydroxylation sites is 1. The van der Waals surface area contributed by atoms with Crippen LogP contribution in [-0.4, -0.2) is 47.4 Å². The summed E-state index contributed by atoms with van der Waals surface area (Å²) >= 11 is 5.97. The number of nitrogens with zero attached hydrogens (tertiary/aromatic N) is 1. The van der Waals surface area contributed by atoms with Crippen LogP contribution in [0.5, 0.6) is 0 Å². The number of halogens is 4. The minimum Gasteiger partial charge on any atom is -0.467 e. The largest absolute Gasteiger partial charge is 0.467 e. The minimum atomic E-state index is -4.84. The summed E-state index contributed by atoms with van der Waals surface area (Å²) in [5, 5.41) is 22.4. The van der Waals surface area contributed by atoms with Gasteiger partial charge in [-0.1, -0.05) is 54.1 Å². The first-order valence-electron chi connectivity index (χ1n) is 9.25. The normalized spacial score (nSPS) is 14.6. The summed E-state index contributed by atoms with van der Waals surface area (Å²) in [6, 6.07) is 13.3. The Hall–Kier alpha value is -3.08. The summed E-state index contributed by atoms with van der Waals surface area (Å²) in [6.45, 7) is -1.35. The van der Waals surface area contributed by atoms with Gasteiger partial charge in [-0.2, -0.15) is 13.2 Å². The Bertz CT molecular complexity index is 968. The van der Waals surface area contributed by atoms with Crippen LogP contribution in [0.1, 0.15) is 11.7 Å². The smallest absolute Gasteiger partial charge is 0.430 e. The number of benzene rings is 2. The maximum atomic E-state index is 12.8. The molecule has 0 bridgehead atoms. The molecule has 0 aliphatic carbocycles. The lowest BCUT2D eigenvalue weighted by Crippen LogP contribution is -2.43. The predicted molar refractivity (Wildman–Crippen MR) is 113 cm³/mol. The van der Waals surface area contributed by atoms with E-state index in [4.69, 9.17) is 22.1 Å². The minimum absolute atomic E-state index is 0.100. The highest BCUT2D eigenvalue weighted by molar-refractivity contribution is 6.33. The zero-order valence-corrected chi connectivity index (χ0v) is 17.3. The van der Waals surface area contributed by atoms with Crippen LogP contribution in [-0.2, 0) is 9.53 Å². The molecule has 0 aliphatic rings. The van der Waals surface area contributed by atoms with Crippen LogP contribution in [0.15, 0.2) is 71.4 Å². The fraction of sp³-hybridized carbons (Fsp3) is 0.238. The Labute approximate surface area is 187 Å². The SMILES string of the molecule is NC(=CC(=Nc1ccccc1Cl)OCC(=O)NC(CO)C(O)c1ccccc1)C(F)(F)F. The fourth-order valence-electron chi connectivity index (χ4n) is 2.48. The molecule has 2 atom stereocenters. The monoisotopic (exact) mass is 471 g/mol. The van der Waals surface area contributed by atoms with Gasteiger partial charge in [0, 0.05) is 6.08 Å². The third-order valence-electron chi connectivity index (χ3n) is 4.11. The second kappa shape index (κ2) is 11.5. The number of allylic oxidation sites excluding steroid dienone is 1. The van der Waals surface area contributed by atoms with Crippen LogP contribution in [0, 0.1) is 0 Å². The number of alkyl halides is 3. The maximum Gasteiger partial charge on any atom is 0.430 e. The molecule has 172 valence electrons. The van der Waals surface area contributed by atoms with E-state index in [2.05, 4.69) is 10.3 Å². The first-order chi connectivity index (χ1) is 15.1. The van der Waals surface area contributed by atoms with Gasteiger partial charge in [0.1, 0.15) is 11.8 Å². The molecule has 11 heteroatoms. The van der Waals surface area contributed by atoms with E-state index >= 15 is 0 Å². The highest BCUT2D eigenvalue weighted by Crippen LogP contribution is 2.25. The van der Waals surface area contributed by atoms with Crippen LogP contribution in [0.3, 0.4) is 0 Å². The van der Waals surface area contributed by atoms with E-state index in [9.17, 15) is 28.2 Å². The number of nitrogens with one attached hydrogen (secondary N) is 1. The van der Waals surface area contributed by atoms with Gasteiger partial charge in [-0.25, -0.2) is 4.99 Å². The van der Waals surface area contributed by atoms with Crippen molar-refractivity contribution < 1.29 is 32.9 Å². The van der Waals surface area contributed by atoms with E-state index in [1.54, 1.807) is 42.5 Å². The Kier molecular flexibility index (Phi) is 9.06. The first-order valence-corrected chi connectivity index (χ1v) is 9.63. The predicted octanol–water partition coefficient (Wildman–Crippen LogP) is 3.00. The van der Waals surface area contributed by atoms with E-state index in [1.165, 1.54) is 12.1 Å². The molecule has 32 heavy (non-hydrogen) atoms. The molecule has 0 radical (unpaired) electrons. The lowest BCUT2D eigenvalue weighted by atomic mass is 10.0. The van der Waals surface area contributed by atoms with Gasteiger partial charge >= 0.3 is 6.18 Å². The Morgan fingerprint density at radius 1 is 1.19 bits per heavy atom. The van der Waals surface area contributed by atoms with Gasteiger partial charge in [0.2, 0.25) is 5.90 Å². The van der Waals surface area contributed by atoms with E-state index in [0.717, 1.165) is 0 Å². The zero-order chi connectivity index (χ0) is 23.7. The molecular formula is C21H21ClF3N3O4. The number of nitrogens with two attached hydrogens (primary N) is 1. The number of rotatable bonds is 8. The van der Waals surface area contributed by atoms with Crippen molar-refractivity contribution in [2.75, 3.05) is 13.2 Å². The van der Waals surface area contributed by atoms with Crippen LogP contribution in [0.4, 0.5) is 18.9 Å². The number of aliphatic imine (C=N–C) groups is 1. The number of ether oxygens (including phenoxy) is 1. The van der Waals surface area contributed by atoms with Gasteiger partial charge < -0.3 is 26.0 Å². The first kappa shape index (κ1) is 25.2.